The van der Waals surface area contributed by atoms with Crippen LogP contribution in [-0.2, 0) is 0 Å². The number of ether oxygens (including phenoxy) is 1. The van der Waals surface area contributed by atoms with Crippen LogP contribution in [0, 0.1) is 0 Å². The molecule has 0 aliphatic carbocycles. The van der Waals surface area contributed by atoms with Gasteiger partial charge in [0.1, 0.15) is 5.75 Å². The van der Waals surface area contributed by atoms with Crippen LogP contribution in [-0.4, -0.2) is 13.7 Å². The zero-order valence-electron chi connectivity index (χ0n) is 10.8. The van der Waals surface area contributed by atoms with Crippen molar-refractivity contribution in [3.8, 4) is 5.75 Å². The van der Waals surface area contributed by atoms with Crippen LogP contribution >= 0.6 is 0 Å². The first-order valence-electron chi connectivity index (χ1n) is 6.02. The van der Waals surface area contributed by atoms with Gasteiger partial charge in [0.2, 0.25) is 0 Å². The third kappa shape index (κ3) is 2.40. The molecule has 0 unspecified atom stereocenters. The van der Waals surface area contributed by atoms with Gasteiger partial charge < -0.3 is 15.4 Å². The Morgan fingerprint density at radius 2 is 1.83 bits per heavy atom. The van der Waals surface area contributed by atoms with Gasteiger partial charge in [0, 0.05) is 18.3 Å². The van der Waals surface area contributed by atoms with E-state index in [9.17, 15) is 0 Å². The van der Waals surface area contributed by atoms with Crippen molar-refractivity contribution < 1.29 is 4.74 Å². The lowest BCUT2D eigenvalue weighted by atomic mass is 10.2. The number of anilines is 3. The summed E-state index contributed by atoms with van der Waals surface area (Å²) in [5, 5.41) is 0. The molecular weight excluding hydrogens is 224 g/mol. The largest absolute Gasteiger partial charge is 0.497 e. The van der Waals surface area contributed by atoms with E-state index in [2.05, 4.69) is 24.0 Å². The molecule has 2 aromatic carbocycles. The molecule has 3 nitrogen and oxygen atoms in total. The maximum Gasteiger partial charge on any atom is 0.121 e. The average Bonchev–Trinajstić information content (AvgIpc) is 2.43. The monoisotopic (exact) mass is 242 g/mol. The standard InChI is InChI=1S/C15H18N2O/c1-3-17(12-7-5-4-6-8-12)15-11-13(18-2)9-10-14(15)16/h4-11H,3,16H2,1-2H3. The minimum Gasteiger partial charge on any atom is -0.497 e. The van der Waals surface area contributed by atoms with Gasteiger partial charge in [-0.1, -0.05) is 18.2 Å². The Labute approximate surface area is 108 Å². The van der Waals surface area contributed by atoms with Crippen LogP contribution in [0.4, 0.5) is 17.1 Å². The molecule has 0 fully saturated rings. The van der Waals surface area contributed by atoms with E-state index in [1.165, 1.54) is 0 Å². The van der Waals surface area contributed by atoms with Gasteiger partial charge in [-0.15, -0.1) is 0 Å². The van der Waals surface area contributed by atoms with E-state index in [0.717, 1.165) is 29.4 Å². The fourth-order valence-electron chi connectivity index (χ4n) is 1.98. The van der Waals surface area contributed by atoms with Gasteiger partial charge in [-0.2, -0.15) is 0 Å². The number of rotatable bonds is 4. The molecule has 0 amide bonds. The van der Waals surface area contributed by atoms with Gasteiger partial charge >= 0.3 is 0 Å². The quantitative estimate of drug-likeness (QED) is 0.835. The molecule has 0 saturated carbocycles. The Morgan fingerprint density at radius 3 is 2.44 bits per heavy atom. The Kier molecular flexibility index (Phi) is 3.72. The maximum absolute atomic E-state index is 6.06. The highest BCUT2D eigenvalue weighted by molar-refractivity contribution is 5.76. The zero-order valence-corrected chi connectivity index (χ0v) is 10.8. The Hall–Kier alpha value is -2.16. The minimum atomic E-state index is 0.751. The second-order valence-electron chi connectivity index (χ2n) is 4.00. The Morgan fingerprint density at radius 1 is 1.11 bits per heavy atom. The van der Waals surface area contributed by atoms with Gasteiger partial charge in [-0.3, -0.25) is 0 Å². The smallest absolute Gasteiger partial charge is 0.121 e. The van der Waals surface area contributed by atoms with Crippen LogP contribution in [0.1, 0.15) is 6.92 Å². The number of nitrogens with two attached hydrogens (primary N) is 1. The van der Waals surface area contributed by atoms with Crippen molar-refractivity contribution in [2.24, 2.45) is 0 Å². The molecule has 0 aromatic heterocycles. The number of benzene rings is 2. The summed E-state index contributed by atoms with van der Waals surface area (Å²) < 4.78 is 5.26. The van der Waals surface area contributed by atoms with E-state index < -0.39 is 0 Å². The molecule has 0 spiro atoms. The van der Waals surface area contributed by atoms with E-state index in [1.807, 2.05) is 36.4 Å². The minimum absolute atomic E-state index is 0.751. The van der Waals surface area contributed by atoms with Crippen molar-refractivity contribution >= 4 is 17.1 Å². The molecule has 0 heterocycles. The van der Waals surface area contributed by atoms with Crippen molar-refractivity contribution in [2.45, 2.75) is 6.92 Å². The molecule has 2 aromatic rings. The molecule has 0 radical (unpaired) electrons. The van der Waals surface area contributed by atoms with Crippen molar-refractivity contribution in [1.29, 1.82) is 0 Å². The lowest BCUT2D eigenvalue weighted by Crippen LogP contribution is -2.17. The molecule has 0 aliphatic heterocycles. The summed E-state index contributed by atoms with van der Waals surface area (Å²) in [6.07, 6.45) is 0. The normalized spacial score (nSPS) is 10.1. The third-order valence-corrected chi connectivity index (χ3v) is 2.91. The van der Waals surface area contributed by atoms with Crippen LogP contribution < -0.4 is 15.4 Å². The van der Waals surface area contributed by atoms with Gasteiger partial charge in [-0.05, 0) is 31.2 Å². The molecule has 0 atom stereocenters. The first-order valence-corrected chi connectivity index (χ1v) is 6.02. The summed E-state index contributed by atoms with van der Waals surface area (Å²) in [7, 11) is 1.66. The number of hydrogen-bond acceptors (Lipinski definition) is 3. The highest BCUT2D eigenvalue weighted by atomic mass is 16.5. The van der Waals surface area contributed by atoms with Gasteiger partial charge in [0.15, 0.2) is 0 Å². The maximum atomic E-state index is 6.06. The van der Waals surface area contributed by atoms with E-state index in [1.54, 1.807) is 7.11 Å². The molecular formula is C15H18N2O. The molecule has 94 valence electrons. The van der Waals surface area contributed by atoms with Crippen LogP contribution in [0.2, 0.25) is 0 Å². The predicted molar refractivity (Wildman–Crippen MR) is 76.5 cm³/mol. The second-order valence-corrected chi connectivity index (χ2v) is 4.00. The molecule has 2 rings (SSSR count). The molecule has 0 aliphatic rings. The van der Waals surface area contributed by atoms with Crippen LogP contribution in [0.5, 0.6) is 5.75 Å². The number of para-hydroxylation sites is 1. The fraction of sp³-hybridized carbons (Fsp3) is 0.200. The molecule has 3 heteroatoms. The first kappa shape index (κ1) is 12.3. The lowest BCUT2D eigenvalue weighted by Gasteiger charge is -2.25. The Balaban J connectivity index is 2.44. The van der Waals surface area contributed by atoms with Gasteiger partial charge in [-0.25, -0.2) is 0 Å². The highest BCUT2D eigenvalue weighted by Gasteiger charge is 2.11. The first-order chi connectivity index (χ1) is 8.76. The molecule has 0 bridgehead atoms. The number of nitrogen functional groups attached to an aromatic ring is 1. The summed E-state index contributed by atoms with van der Waals surface area (Å²) in [4.78, 5) is 2.16. The number of hydrogen-bond donors (Lipinski definition) is 1. The van der Waals surface area contributed by atoms with Crippen LogP contribution in [0.3, 0.4) is 0 Å². The summed E-state index contributed by atoms with van der Waals surface area (Å²) in [5.41, 5.74) is 8.91. The summed E-state index contributed by atoms with van der Waals surface area (Å²) in [6, 6.07) is 15.9. The summed E-state index contributed by atoms with van der Waals surface area (Å²) >= 11 is 0. The SMILES string of the molecule is CCN(c1ccccc1)c1cc(OC)ccc1N. The van der Waals surface area contributed by atoms with Gasteiger partial charge in [0.05, 0.1) is 18.5 Å². The van der Waals surface area contributed by atoms with Crippen molar-refractivity contribution in [3.63, 3.8) is 0 Å². The second kappa shape index (κ2) is 5.45. The van der Waals surface area contributed by atoms with E-state index in [-0.39, 0.29) is 0 Å². The van der Waals surface area contributed by atoms with Crippen molar-refractivity contribution in [3.05, 3.63) is 48.5 Å². The van der Waals surface area contributed by atoms with Crippen LogP contribution in [0.25, 0.3) is 0 Å². The van der Waals surface area contributed by atoms with Crippen molar-refractivity contribution in [1.82, 2.24) is 0 Å². The predicted octanol–water partition coefficient (Wildman–Crippen LogP) is 3.44. The third-order valence-electron chi connectivity index (χ3n) is 2.91. The zero-order chi connectivity index (χ0) is 13.0. The number of nitrogens with zero attached hydrogens (tertiary/aromatic N) is 1. The summed E-state index contributed by atoms with van der Waals surface area (Å²) in [5.74, 6) is 0.814. The van der Waals surface area contributed by atoms with E-state index in [4.69, 9.17) is 10.5 Å². The Bertz CT molecular complexity index is 511. The average molecular weight is 242 g/mol. The van der Waals surface area contributed by atoms with E-state index in [0.29, 0.717) is 0 Å². The molecule has 0 saturated heterocycles. The van der Waals surface area contributed by atoms with Crippen LogP contribution in [0.15, 0.2) is 48.5 Å². The molecule has 18 heavy (non-hydrogen) atoms. The molecule has 2 N–H and O–H groups in total. The van der Waals surface area contributed by atoms with E-state index >= 15 is 0 Å². The number of methoxy groups -OCH3 is 1. The summed E-state index contributed by atoms with van der Waals surface area (Å²) in [6.45, 7) is 2.95. The highest BCUT2D eigenvalue weighted by Crippen LogP contribution is 2.33. The van der Waals surface area contributed by atoms with Crippen molar-refractivity contribution in [2.75, 3.05) is 24.3 Å². The van der Waals surface area contributed by atoms with Gasteiger partial charge in [0.25, 0.3) is 0 Å². The fourth-order valence-corrected chi connectivity index (χ4v) is 1.98. The lowest BCUT2D eigenvalue weighted by molar-refractivity contribution is 0.415. The topological polar surface area (TPSA) is 38.5 Å².